The number of nitrogens with zero attached hydrogens (tertiary/aromatic N) is 2. The van der Waals surface area contributed by atoms with Crippen LogP contribution >= 0.6 is 35.7 Å². The van der Waals surface area contributed by atoms with E-state index >= 15 is 0 Å². The van der Waals surface area contributed by atoms with Crippen molar-refractivity contribution < 1.29 is 4.74 Å². The van der Waals surface area contributed by atoms with Crippen LogP contribution in [0.1, 0.15) is 12.8 Å². The summed E-state index contributed by atoms with van der Waals surface area (Å²) >= 11 is 1.77. The van der Waals surface area contributed by atoms with Gasteiger partial charge in [-0.3, -0.25) is 4.99 Å². The van der Waals surface area contributed by atoms with Crippen molar-refractivity contribution >= 4 is 41.7 Å². The maximum Gasteiger partial charge on any atom is 0.193 e. The van der Waals surface area contributed by atoms with Crippen LogP contribution in [0.2, 0.25) is 0 Å². The van der Waals surface area contributed by atoms with Gasteiger partial charge in [0.25, 0.3) is 0 Å². The van der Waals surface area contributed by atoms with Crippen molar-refractivity contribution in [3.63, 3.8) is 0 Å². The molecule has 1 N–H and O–H groups in total. The molecule has 1 atom stereocenters. The summed E-state index contributed by atoms with van der Waals surface area (Å²) in [7, 11) is 1.85. The molecule has 6 heteroatoms. The number of guanidine groups is 1. The second-order valence-electron chi connectivity index (χ2n) is 5.20. The van der Waals surface area contributed by atoms with E-state index in [0.717, 1.165) is 50.3 Å². The molecule has 2 rings (SSSR count). The molecule has 0 amide bonds. The van der Waals surface area contributed by atoms with Gasteiger partial charge in [-0.25, -0.2) is 0 Å². The van der Waals surface area contributed by atoms with E-state index in [1.807, 2.05) is 7.05 Å². The van der Waals surface area contributed by atoms with E-state index in [0.29, 0.717) is 5.41 Å². The highest BCUT2D eigenvalue weighted by molar-refractivity contribution is 14.0. The molecule has 0 aromatic carbocycles. The first-order chi connectivity index (χ1) is 9.29. The summed E-state index contributed by atoms with van der Waals surface area (Å²) in [6.45, 7) is 4.91. The van der Waals surface area contributed by atoms with Gasteiger partial charge in [-0.05, 0) is 12.8 Å². The fourth-order valence-corrected chi connectivity index (χ4v) is 3.29. The zero-order chi connectivity index (χ0) is 13.6. The van der Waals surface area contributed by atoms with Crippen molar-refractivity contribution in [2.24, 2.45) is 10.4 Å². The molecule has 0 bridgehead atoms. The summed E-state index contributed by atoms with van der Waals surface area (Å²) in [5, 5.41) is 3.42. The lowest BCUT2D eigenvalue weighted by Gasteiger charge is -2.24. The smallest absolute Gasteiger partial charge is 0.193 e. The lowest BCUT2D eigenvalue weighted by atomic mass is 9.87. The van der Waals surface area contributed by atoms with Crippen LogP contribution in [-0.4, -0.2) is 62.3 Å². The molecule has 0 aromatic heterocycles. The number of nitrogens with one attached hydrogen (secondary N) is 1. The van der Waals surface area contributed by atoms with Crippen molar-refractivity contribution in [2.75, 3.05) is 51.4 Å². The number of terminal acetylenes is 1. The minimum absolute atomic E-state index is 0. The SMILES string of the molecule is C#CCSCCNC(=NC)N1CCC2(CCOC2)C1.I. The van der Waals surface area contributed by atoms with E-state index in [-0.39, 0.29) is 24.0 Å². The van der Waals surface area contributed by atoms with Crippen LogP contribution in [0.15, 0.2) is 4.99 Å². The first kappa shape index (κ1) is 17.9. The van der Waals surface area contributed by atoms with Crippen LogP contribution in [0.3, 0.4) is 0 Å². The average molecular weight is 409 g/mol. The normalized spacial score (nSPS) is 25.6. The van der Waals surface area contributed by atoms with Gasteiger partial charge in [0.05, 0.1) is 12.4 Å². The lowest BCUT2D eigenvalue weighted by molar-refractivity contribution is 0.156. The third-order valence-electron chi connectivity index (χ3n) is 3.85. The van der Waals surface area contributed by atoms with Gasteiger partial charge >= 0.3 is 0 Å². The molecule has 2 saturated heterocycles. The molecule has 2 fully saturated rings. The Balaban J connectivity index is 0.00000200. The summed E-state index contributed by atoms with van der Waals surface area (Å²) in [6.07, 6.45) is 7.64. The molecule has 4 nitrogen and oxygen atoms in total. The van der Waals surface area contributed by atoms with Crippen molar-refractivity contribution in [1.82, 2.24) is 10.2 Å². The number of hydrogen-bond acceptors (Lipinski definition) is 3. The monoisotopic (exact) mass is 409 g/mol. The first-order valence-electron chi connectivity index (χ1n) is 6.84. The number of aliphatic imine (C=N–C) groups is 1. The molecule has 0 aliphatic carbocycles. The van der Waals surface area contributed by atoms with Gasteiger partial charge in [-0.15, -0.1) is 42.2 Å². The van der Waals surface area contributed by atoms with E-state index in [1.165, 1.54) is 12.8 Å². The molecule has 0 radical (unpaired) electrons. The molecular formula is C14H24IN3OS. The number of hydrogen-bond donors (Lipinski definition) is 1. The number of halogens is 1. The van der Waals surface area contributed by atoms with E-state index in [4.69, 9.17) is 11.2 Å². The van der Waals surface area contributed by atoms with Crippen molar-refractivity contribution in [2.45, 2.75) is 12.8 Å². The van der Waals surface area contributed by atoms with Crippen LogP contribution in [0.4, 0.5) is 0 Å². The standard InChI is InChI=1S/C14H23N3OS.HI/c1-3-9-19-10-6-16-13(15-2)17-7-4-14(11-17)5-8-18-12-14;/h1H,4-12H2,2H3,(H,15,16);1H. The maximum atomic E-state index is 5.56. The average Bonchev–Trinajstić information content (AvgIpc) is 3.05. The fraction of sp³-hybridized carbons (Fsp3) is 0.786. The highest BCUT2D eigenvalue weighted by atomic mass is 127. The lowest BCUT2D eigenvalue weighted by Crippen LogP contribution is -2.42. The minimum Gasteiger partial charge on any atom is -0.381 e. The highest BCUT2D eigenvalue weighted by Crippen LogP contribution is 2.38. The van der Waals surface area contributed by atoms with Crippen LogP contribution in [0, 0.1) is 17.8 Å². The molecule has 1 spiro atoms. The third-order valence-corrected chi connectivity index (χ3v) is 4.71. The van der Waals surface area contributed by atoms with Crippen molar-refractivity contribution in [3.05, 3.63) is 0 Å². The third kappa shape index (κ3) is 4.71. The summed E-state index contributed by atoms with van der Waals surface area (Å²) in [4.78, 5) is 6.75. The van der Waals surface area contributed by atoms with Gasteiger partial charge in [0, 0.05) is 44.5 Å². The molecule has 2 heterocycles. The molecule has 2 aliphatic heterocycles. The van der Waals surface area contributed by atoms with Gasteiger partial charge in [-0.1, -0.05) is 5.92 Å². The van der Waals surface area contributed by atoms with E-state index in [9.17, 15) is 0 Å². The van der Waals surface area contributed by atoms with Crippen molar-refractivity contribution in [1.29, 1.82) is 0 Å². The van der Waals surface area contributed by atoms with Crippen LogP contribution < -0.4 is 5.32 Å². The Kier molecular flexibility index (Phi) is 8.07. The topological polar surface area (TPSA) is 36.9 Å². The summed E-state index contributed by atoms with van der Waals surface area (Å²) in [5.41, 5.74) is 0.385. The fourth-order valence-electron chi connectivity index (χ4n) is 2.79. The molecule has 2 aliphatic rings. The van der Waals surface area contributed by atoms with Gasteiger partial charge in [0.2, 0.25) is 0 Å². The van der Waals surface area contributed by atoms with E-state index in [2.05, 4.69) is 21.1 Å². The Morgan fingerprint density at radius 3 is 3.05 bits per heavy atom. The highest BCUT2D eigenvalue weighted by Gasteiger charge is 2.42. The quantitative estimate of drug-likeness (QED) is 0.252. The largest absolute Gasteiger partial charge is 0.381 e. The predicted molar refractivity (Wildman–Crippen MR) is 97.0 cm³/mol. The zero-order valence-corrected chi connectivity index (χ0v) is 15.2. The van der Waals surface area contributed by atoms with Crippen LogP contribution in [0.25, 0.3) is 0 Å². The number of ether oxygens (including phenoxy) is 1. The molecule has 0 aromatic rings. The van der Waals surface area contributed by atoms with Gasteiger partial charge in [0.15, 0.2) is 5.96 Å². The van der Waals surface area contributed by atoms with Gasteiger partial charge in [-0.2, -0.15) is 0 Å². The Morgan fingerprint density at radius 1 is 1.55 bits per heavy atom. The number of likely N-dealkylation sites (tertiary alicyclic amines) is 1. The van der Waals surface area contributed by atoms with Crippen LogP contribution in [0.5, 0.6) is 0 Å². The van der Waals surface area contributed by atoms with Gasteiger partial charge in [0.1, 0.15) is 0 Å². The Hall–Kier alpha value is -0.130. The molecule has 0 saturated carbocycles. The predicted octanol–water partition coefficient (Wildman–Crippen LogP) is 1.66. The van der Waals surface area contributed by atoms with E-state index < -0.39 is 0 Å². The Morgan fingerprint density at radius 2 is 2.40 bits per heavy atom. The number of thioether (sulfide) groups is 1. The Bertz CT molecular complexity index is 364. The molecule has 20 heavy (non-hydrogen) atoms. The van der Waals surface area contributed by atoms with Crippen molar-refractivity contribution in [3.8, 4) is 12.3 Å². The van der Waals surface area contributed by atoms with Crippen LogP contribution in [-0.2, 0) is 4.74 Å². The minimum atomic E-state index is 0. The van der Waals surface area contributed by atoms with E-state index in [1.54, 1.807) is 11.8 Å². The first-order valence-corrected chi connectivity index (χ1v) is 8.00. The Labute approximate surface area is 143 Å². The maximum absolute atomic E-state index is 5.56. The second-order valence-corrected chi connectivity index (χ2v) is 6.31. The molecular weight excluding hydrogens is 385 g/mol. The molecule has 114 valence electrons. The van der Waals surface area contributed by atoms with Gasteiger partial charge < -0.3 is 15.0 Å². The summed E-state index contributed by atoms with van der Waals surface area (Å²) < 4.78 is 5.56. The summed E-state index contributed by atoms with van der Waals surface area (Å²) in [5.74, 6) is 5.46. The molecule has 1 unspecified atom stereocenters. The summed E-state index contributed by atoms with van der Waals surface area (Å²) in [6, 6.07) is 0. The number of rotatable bonds is 4. The zero-order valence-electron chi connectivity index (χ0n) is 12.1. The second kappa shape index (κ2) is 9.00.